The predicted octanol–water partition coefficient (Wildman–Crippen LogP) is 2.05. The number of benzene rings is 1. The Labute approximate surface area is 122 Å². The van der Waals surface area contributed by atoms with Crippen LogP contribution in [0.5, 0.6) is 0 Å². The predicted molar refractivity (Wildman–Crippen MR) is 77.5 cm³/mol. The summed E-state index contributed by atoms with van der Waals surface area (Å²) in [4.78, 5) is 11.2. The second-order valence-corrected chi connectivity index (χ2v) is 6.10. The number of carbonyl (C=O) groups is 1. The minimum atomic E-state index is -3.85. The van der Waals surface area contributed by atoms with Gasteiger partial charge in [0.25, 0.3) is 10.0 Å². The number of rotatable bonds is 4. The summed E-state index contributed by atoms with van der Waals surface area (Å²) in [5, 5.41) is 6.20. The number of nitrogens with one attached hydrogen (secondary N) is 2. The second-order valence-electron chi connectivity index (χ2n) is 4.49. The van der Waals surface area contributed by atoms with E-state index in [0.29, 0.717) is 5.69 Å². The van der Waals surface area contributed by atoms with Crippen molar-refractivity contribution < 1.29 is 17.7 Å². The van der Waals surface area contributed by atoms with Crippen LogP contribution in [-0.2, 0) is 14.8 Å². The van der Waals surface area contributed by atoms with Gasteiger partial charge >= 0.3 is 0 Å². The van der Waals surface area contributed by atoms with Crippen molar-refractivity contribution in [1.82, 2.24) is 5.16 Å². The van der Waals surface area contributed by atoms with Crippen LogP contribution in [0.25, 0.3) is 0 Å². The van der Waals surface area contributed by atoms with Crippen molar-refractivity contribution in [1.29, 1.82) is 0 Å². The van der Waals surface area contributed by atoms with Crippen LogP contribution in [0, 0.1) is 13.8 Å². The Morgan fingerprint density at radius 1 is 1.19 bits per heavy atom. The van der Waals surface area contributed by atoms with Crippen LogP contribution in [0.1, 0.15) is 18.4 Å². The van der Waals surface area contributed by atoms with E-state index in [-0.39, 0.29) is 27.9 Å². The van der Waals surface area contributed by atoms with Gasteiger partial charge in [-0.2, -0.15) is 0 Å². The van der Waals surface area contributed by atoms with E-state index in [9.17, 15) is 13.2 Å². The largest absolute Gasteiger partial charge is 0.360 e. The molecule has 1 heterocycles. The summed E-state index contributed by atoms with van der Waals surface area (Å²) in [6, 6.07) is 6.52. The van der Waals surface area contributed by atoms with Gasteiger partial charge in [-0.05, 0) is 26.0 Å². The smallest absolute Gasteiger partial charge is 0.267 e. The van der Waals surface area contributed by atoms with Gasteiger partial charge in [-0.15, -0.1) is 0 Å². The first-order chi connectivity index (χ1) is 9.81. The number of anilines is 2. The molecule has 112 valence electrons. The molecule has 8 heteroatoms. The third-order valence-electron chi connectivity index (χ3n) is 2.72. The average Bonchev–Trinajstić information content (AvgIpc) is 2.71. The van der Waals surface area contributed by atoms with Crippen molar-refractivity contribution in [2.24, 2.45) is 0 Å². The Morgan fingerprint density at radius 3 is 2.33 bits per heavy atom. The first-order valence-corrected chi connectivity index (χ1v) is 7.62. The van der Waals surface area contributed by atoms with Crippen LogP contribution in [0.3, 0.4) is 0 Å². The van der Waals surface area contributed by atoms with Crippen LogP contribution < -0.4 is 10.0 Å². The highest BCUT2D eigenvalue weighted by Gasteiger charge is 2.25. The fourth-order valence-corrected chi connectivity index (χ4v) is 3.34. The zero-order valence-electron chi connectivity index (χ0n) is 11.8. The van der Waals surface area contributed by atoms with E-state index < -0.39 is 10.0 Å². The Hall–Kier alpha value is -2.35. The maximum Gasteiger partial charge on any atom is 0.267 e. The van der Waals surface area contributed by atoms with Gasteiger partial charge in [0.1, 0.15) is 5.69 Å². The molecule has 1 aromatic heterocycles. The number of amides is 1. The zero-order chi connectivity index (χ0) is 15.6. The van der Waals surface area contributed by atoms with Crippen LogP contribution in [0.4, 0.5) is 11.4 Å². The summed E-state index contributed by atoms with van der Waals surface area (Å²) in [7, 11) is -3.85. The number of carbonyl (C=O) groups excluding carboxylic acids is 1. The summed E-state index contributed by atoms with van der Waals surface area (Å²) in [6.07, 6.45) is 0. The number of hydrogen-bond donors (Lipinski definition) is 2. The molecule has 0 bridgehead atoms. The second kappa shape index (κ2) is 5.57. The molecule has 2 N–H and O–H groups in total. The molecular weight excluding hydrogens is 294 g/mol. The maximum absolute atomic E-state index is 12.4. The summed E-state index contributed by atoms with van der Waals surface area (Å²) in [5.41, 5.74) is 0.921. The van der Waals surface area contributed by atoms with Crippen LogP contribution in [0.15, 0.2) is 33.7 Å². The Morgan fingerprint density at radius 2 is 1.81 bits per heavy atom. The van der Waals surface area contributed by atoms with Gasteiger partial charge in [-0.3, -0.25) is 9.52 Å². The summed E-state index contributed by atoms with van der Waals surface area (Å²) < 4.78 is 32.1. The number of para-hydroxylation sites is 2. The van der Waals surface area contributed by atoms with Crippen LogP contribution >= 0.6 is 0 Å². The Kier molecular flexibility index (Phi) is 3.99. The van der Waals surface area contributed by atoms with Crippen LogP contribution in [0.2, 0.25) is 0 Å². The molecule has 0 unspecified atom stereocenters. The number of hydrogen-bond acceptors (Lipinski definition) is 5. The first-order valence-electron chi connectivity index (χ1n) is 6.13. The third kappa shape index (κ3) is 3.22. The van der Waals surface area contributed by atoms with E-state index in [2.05, 4.69) is 15.2 Å². The Bertz CT molecular complexity index is 761. The van der Waals surface area contributed by atoms with Gasteiger partial charge in [-0.1, -0.05) is 17.3 Å². The monoisotopic (exact) mass is 309 g/mol. The number of aromatic nitrogens is 1. The van der Waals surface area contributed by atoms with Crippen molar-refractivity contribution in [3.63, 3.8) is 0 Å². The maximum atomic E-state index is 12.4. The standard InChI is InChI=1S/C13H15N3O4S/c1-8-13(9(2)20-15-8)21(18,19)16-12-7-5-4-6-11(12)14-10(3)17/h4-7,16H,1-3H3,(H,14,17). The van der Waals surface area contributed by atoms with E-state index in [1.54, 1.807) is 31.2 Å². The van der Waals surface area contributed by atoms with E-state index in [4.69, 9.17) is 4.52 Å². The molecule has 7 nitrogen and oxygen atoms in total. The summed E-state index contributed by atoms with van der Waals surface area (Å²) >= 11 is 0. The molecule has 0 aliphatic heterocycles. The van der Waals surface area contributed by atoms with Gasteiger partial charge in [0.2, 0.25) is 5.91 Å². The van der Waals surface area contributed by atoms with Gasteiger partial charge in [0.05, 0.1) is 11.4 Å². The van der Waals surface area contributed by atoms with E-state index in [1.807, 2.05) is 0 Å². The van der Waals surface area contributed by atoms with Crippen molar-refractivity contribution in [2.75, 3.05) is 10.0 Å². The minimum absolute atomic E-state index is 0.000119. The molecule has 0 saturated heterocycles. The van der Waals surface area contributed by atoms with Crippen molar-refractivity contribution >= 4 is 27.3 Å². The number of sulfonamides is 1. The SMILES string of the molecule is CC(=O)Nc1ccccc1NS(=O)(=O)c1c(C)noc1C. The molecule has 21 heavy (non-hydrogen) atoms. The van der Waals surface area contributed by atoms with Crippen molar-refractivity contribution in [2.45, 2.75) is 25.7 Å². The average molecular weight is 309 g/mol. The molecule has 0 atom stereocenters. The lowest BCUT2D eigenvalue weighted by atomic mass is 10.3. The summed E-state index contributed by atoms with van der Waals surface area (Å²) in [5.74, 6) is -0.0870. The highest BCUT2D eigenvalue weighted by Crippen LogP contribution is 2.26. The lowest BCUT2D eigenvalue weighted by molar-refractivity contribution is -0.114. The summed E-state index contributed by atoms with van der Waals surface area (Å²) in [6.45, 7) is 4.42. The van der Waals surface area contributed by atoms with E-state index in [1.165, 1.54) is 13.8 Å². The third-order valence-corrected chi connectivity index (χ3v) is 4.33. The highest BCUT2D eigenvalue weighted by atomic mass is 32.2. The highest BCUT2D eigenvalue weighted by molar-refractivity contribution is 7.92. The number of nitrogens with zero attached hydrogens (tertiary/aromatic N) is 1. The minimum Gasteiger partial charge on any atom is -0.360 e. The lowest BCUT2D eigenvalue weighted by Gasteiger charge is -2.12. The fraction of sp³-hybridized carbons (Fsp3) is 0.231. The fourth-order valence-electron chi connectivity index (χ4n) is 1.92. The van der Waals surface area contributed by atoms with Crippen molar-refractivity contribution in [3.8, 4) is 0 Å². The first kappa shape index (κ1) is 15.0. The number of aryl methyl sites for hydroxylation is 2. The quantitative estimate of drug-likeness (QED) is 0.900. The molecule has 0 aliphatic rings. The molecule has 2 rings (SSSR count). The molecule has 2 aromatic rings. The molecule has 0 saturated carbocycles. The molecular formula is C13H15N3O4S. The molecule has 1 aromatic carbocycles. The zero-order valence-corrected chi connectivity index (χ0v) is 12.6. The molecule has 1 amide bonds. The molecule has 0 spiro atoms. The van der Waals surface area contributed by atoms with Gasteiger partial charge in [0, 0.05) is 6.92 Å². The van der Waals surface area contributed by atoms with Crippen LogP contribution in [-0.4, -0.2) is 19.5 Å². The van der Waals surface area contributed by atoms with Crippen molar-refractivity contribution in [3.05, 3.63) is 35.7 Å². The van der Waals surface area contributed by atoms with E-state index >= 15 is 0 Å². The molecule has 0 fully saturated rings. The van der Waals surface area contributed by atoms with Gasteiger partial charge in [-0.25, -0.2) is 8.42 Å². The Balaban J connectivity index is 2.40. The van der Waals surface area contributed by atoms with Gasteiger partial charge < -0.3 is 9.84 Å². The molecule has 0 radical (unpaired) electrons. The van der Waals surface area contributed by atoms with E-state index in [0.717, 1.165) is 0 Å². The molecule has 0 aliphatic carbocycles. The van der Waals surface area contributed by atoms with Gasteiger partial charge in [0.15, 0.2) is 10.7 Å². The lowest BCUT2D eigenvalue weighted by Crippen LogP contribution is -2.16. The topological polar surface area (TPSA) is 101 Å². The normalized spacial score (nSPS) is 11.2.